The van der Waals surface area contributed by atoms with E-state index in [0.29, 0.717) is 23.3 Å². The number of hydrogen-bond acceptors (Lipinski definition) is 3. The molecule has 1 heterocycles. The van der Waals surface area contributed by atoms with Gasteiger partial charge in [0.2, 0.25) is 5.91 Å². The molecule has 1 aromatic carbocycles. The van der Waals surface area contributed by atoms with Crippen molar-refractivity contribution in [2.24, 2.45) is 13.0 Å². The second kappa shape index (κ2) is 10.4. The zero-order valence-corrected chi connectivity index (χ0v) is 18.1. The molecule has 0 N–H and O–H groups in total. The lowest BCUT2D eigenvalue weighted by atomic mass is 9.96. The Morgan fingerprint density at radius 1 is 1.14 bits per heavy atom. The van der Waals surface area contributed by atoms with Crippen LogP contribution in [0, 0.1) is 5.92 Å². The van der Waals surface area contributed by atoms with E-state index in [1.807, 2.05) is 30.0 Å². The van der Waals surface area contributed by atoms with Gasteiger partial charge < -0.3 is 4.90 Å². The van der Waals surface area contributed by atoms with Crippen LogP contribution in [0.25, 0.3) is 10.9 Å². The zero-order chi connectivity index (χ0) is 20.7. The van der Waals surface area contributed by atoms with Gasteiger partial charge in [-0.3, -0.25) is 14.2 Å². The van der Waals surface area contributed by atoms with Crippen molar-refractivity contribution in [2.75, 3.05) is 6.54 Å². The van der Waals surface area contributed by atoms with Gasteiger partial charge in [0.25, 0.3) is 5.56 Å². The van der Waals surface area contributed by atoms with E-state index in [2.05, 4.69) is 20.8 Å². The van der Waals surface area contributed by atoms with Crippen LogP contribution in [0.4, 0.5) is 0 Å². The molecule has 0 saturated carbocycles. The lowest BCUT2D eigenvalue weighted by Crippen LogP contribution is -2.41. The number of aromatic nitrogens is 2. The summed E-state index contributed by atoms with van der Waals surface area (Å²) in [5.74, 6) is 0.884. The molecule has 0 fully saturated rings. The highest BCUT2D eigenvalue weighted by Gasteiger charge is 2.29. The lowest BCUT2D eigenvalue weighted by Gasteiger charge is -2.33. The fourth-order valence-electron chi connectivity index (χ4n) is 3.76. The van der Waals surface area contributed by atoms with E-state index in [0.717, 1.165) is 38.5 Å². The molecular weight excluding hydrogens is 350 g/mol. The normalized spacial score (nSPS) is 13.5. The van der Waals surface area contributed by atoms with Crippen molar-refractivity contribution in [3.8, 4) is 0 Å². The van der Waals surface area contributed by atoms with Gasteiger partial charge in [-0.25, -0.2) is 4.98 Å². The highest BCUT2D eigenvalue weighted by atomic mass is 16.2. The Bertz CT molecular complexity index is 843. The van der Waals surface area contributed by atoms with Crippen molar-refractivity contribution < 1.29 is 4.79 Å². The third-order valence-electron chi connectivity index (χ3n) is 5.64. The van der Waals surface area contributed by atoms with Gasteiger partial charge in [-0.05, 0) is 38.3 Å². The number of carbonyl (C=O) groups excluding carboxylic acids is 1. The fraction of sp³-hybridized carbons (Fsp3) is 0.609. The van der Waals surface area contributed by atoms with Gasteiger partial charge in [0.05, 0.1) is 16.9 Å². The molecule has 0 aliphatic carbocycles. The van der Waals surface area contributed by atoms with Crippen LogP contribution >= 0.6 is 0 Å². The van der Waals surface area contributed by atoms with E-state index >= 15 is 0 Å². The molecule has 5 heteroatoms. The number of hydrogen-bond donors (Lipinski definition) is 0. The Hall–Kier alpha value is -2.17. The molecule has 0 unspecified atom stereocenters. The second-order valence-electron chi connectivity index (χ2n) is 7.66. The zero-order valence-electron chi connectivity index (χ0n) is 18.1. The van der Waals surface area contributed by atoms with E-state index < -0.39 is 0 Å². The minimum atomic E-state index is -0.239. The monoisotopic (exact) mass is 385 g/mol. The molecule has 2 aromatic rings. The van der Waals surface area contributed by atoms with Crippen molar-refractivity contribution in [1.29, 1.82) is 0 Å². The first-order chi connectivity index (χ1) is 13.5. The topological polar surface area (TPSA) is 55.2 Å². The summed E-state index contributed by atoms with van der Waals surface area (Å²) < 4.78 is 1.60. The predicted molar refractivity (Wildman–Crippen MR) is 115 cm³/mol. The average Bonchev–Trinajstić information content (AvgIpc) is 2.71. The number of rotatable bonds is 10. The summed E-state index contributed by atoms with van der Waals surface area (Å²) >= 11 is 0. The summed E-state index contributed by atoms with van der Waals surface area (Å²) in [6.07, 6.45) is 5.89. The summed E-state index contributed by atoms with van der Waals surface area (Å²) in [7, 11) is 1.75. The van der Waals surface area contributed by atoms with Gasteiger partial charge in [0.15, 0.2) is 0 Å². The molecule has 5 nitrogen and oxygen atoms in total. The van der Waals surface area contributed by atoms with Crippen molar-refractivity contribution in [1.82, 2.24) is 14.5 Å². The van der Waals surface area contributed by atoms with Crippen LogP contribution in [-0.4, -0.2) is 26.9 Å². The number of amides is 1. The lowest BCUT2D eigenvalue weighted by molar-refractivity contribution is -0.138. The van der Waals surface area contributed by atoms with Crippen LogP contribution in [-0.2, 0) is 11.8 Å². The molecule has 0 aliphatic heterocycles. The van der Waals surface area contributed by atoms with Crippen LogP contribution in [0.1, 0.15) is 78.1 Å². The first-order valence-corrected chi connectivity index (χ1v) is 10.7. The van der Waals surface area contributed by atoms with E-state index in [1.165, 1.54) is 0 Å². The van der Waals surface area contributed by atoms with Crippen molar-refractivity contribution in [2.45, 2.75) is 72.3 Å². The molecule has 2 rings (SSSR count). The summed E-state index contributed by atoms with van der Waals surface area (Å²) in [5.41, 5.74) is 0.627. The van der Waals surface area contributed by atoms with Crippen molar-refractivity contribution >= 4 is 16.8 Å². The molecule has 1 amide bonds. The number of carbonyl (C=O) groups is 1. The summed E-state index contributed by atoms with van der Waals surface area (Å²) in [6, 6.07) is 7.17. The first-order valence-electron chi connectivity index (χ1n) is 10.7. The van der Waals surface area contributed by atoms with Gasteiger partial charge in [-0.15, -0.1) is 0 Å². The van der Waals surface area contributed by atoms with Crippen LogP contribution < -0.4 is 5.56 Å². The van der Waals surface area contributed by atoms with E-state index in [4.69, 9.17) is 4.98 Å². The number of unbranched alkanes of at least 4 members (excludes halogenated alkanes) is 2. The first kappa shape index (κ1) is 22.1. The van der Waals surface area contributed by atoms with Crippen molar-refractivity contribution in [3.05, 3.63) is 40.4 Å². The molecule has 1 aromatic heterocycles. The molecule has 0 radical (unpaired) electrons. The van der Waals surface area contributed by atoms with Gasteiger partial charge in [-0.1, -0.05) is 52.2 Å². The SMILES string of the molecule is CCCC[C@H](CC)C(=O)N(CCCC)[C@H](C)c1nc2ccccc2c(=O)n1C. The summed E-state index contributed by atoms with van der Waals surface area (Å²) in [4.78, 5) is 32.9. The molecule has 0 saturated heterocycles. The smallest absolute Gasteiger partial charge is 0.261 e. The third-order valence-corrected chi connectivity index (χ3v) is 5.64. The maximum atomic E-state index is 13.4. The highest BCUT2D eigenvalue weighted by molar-refractivity contribution is 5.80. The minimum absolute atomic E-state index is 0.0386. The molecule has 0 bridgehead atoms. The quantitative estimate of drug-likeness (QED) is 0.588. The molecule has 28 heavy (non-hydrogen) atoms. The average molecular weight is 386 g/mol. The number of fused-ring (bicyclic) bond motifs is 1. The molecule has 2 atom stereocenters. The van der Waals surface area contributed by atoms with Gasteiger partial charge in [0.1, 0.15) is 5.82 Å². The van der Waals surface area contributed by atoms with Crippen molar-refractivity contribution in [3.63, 3.8) is 0 Å². The predicted octanol–water partition coefficient (Wildman–Crippen LogP) is 4.84. The van der Waals surface area contributed by atoms with Crippen LogP contribution in [0.3, 0.4) is 0 Å². The van der Waals surface area contributed by atoms with Crippen LogP contribution in [0.5, 0.6) is 0 Å². The van der Waals surface area contributed by atoms with Crippen LogP contribution in [0.2, 0.25) is 0 Å². The third kappa shape index (κ3) is 4.81. The number of para-hydroxylation sites is 1. The van der Waals surface area contributed by atoms with Gasteiger partial charge in [-0.2, -0.15) is 0 Å². The van der Waals surface area contributed by atoms with E-state index in [-0.39, 0.29) is 23.4 Å². The minimum Gasteiger partial charge on any atom is -0.333 e. The molecular formula is C23H35N3O2. The Balaban J connectivity index is 2.43. The highest BCUT2D eigenvalue weighted by Crippen LogP contribution is 2.25. The Kier molecular flexibility index (Phi) is 8.21. The molecule has 0 aliphatic rings. The Labute approximate surface area is 168 Å². The van der Waals surface area contributed by atoms with Crippen LogP contribution in [0.15, 0.2) is 29.1 Å². The van der Waals surface area contributed by atoms with Gasteiger partial charge >= 0.3 is 0 Å². The maximum absolute atomic E-state index is 13.4. The summed E-state index contributed by atoms with van der Waals surface area (Å²) in [6.45, 7) is 9.07. The number of benzene rings is 1. The Morgan fingerprint density at radius 3 is 2.46 bits per heavy atom. The fourth-order valence-corrected chi connectivity index (χ4v) is 3.76. The number of nitrogens with zero attached hydrogens (tertiary/aromatic N) is 3. The Morgan fingerprint density at radius 2 is 1.82 bits per heavy atom. The maximum Gasteiger partial charge on any atom is 0.261 e. The molecule has 0 spiro atoms. The van der Waals surface area contributed by atoms with E-state index in [1.54, 1.807) is 17.7 Å². The van der Waals surface area contributed by atoms with E-state index in [9.17, 15) is 9.59 Å². The molecule has 154 valence electrons. The van der Waals surface area contributed by atoms with Gasteiger partial charge in [0, 0.05) is 19.5 Å². The largest absolute Gasteiger partial charge is 0.333 e. The second-order valence-corrected chi connectivity index (χ2v) is 7.66. The summed E-state index contributed by atoms with van der Waals surface area (Å²) in [5, 5.41) is 0.613. The standard InChI is InChI=1S/C23H35N3O2/c1-6-9-13-18(8-3)22(27)26(16-10-7-2)17(4)21-24-20-15-12-11-14-19(20)23(28)25(21)5/h11-12,14-15,17-18H,6-10,13,16H2,1-5H3/t17-,18+/m1/s1.